The number of alkyl halides is 3. The zero-order chi connectivity index (χ0) is 29.0. The summed E-state index contributed by atoms with van der Waals surface area (Å²) in [4.78, 5) is 12.9. The van der Waals surface area contributed by atoms with Crippen molar-refractivity contribution in [1.29, 1.82) is 0 Å². The van der Waals surface area contributed by atoms with Crippen molar-refractivity contribution in [3.8, 4) is 17.2 Å². The van der Waals surface area contributed by atoms with Gasteiger partial charge in [-0.2, -0.15) is 13.2 Å². The monoisotopic (exact) mass is 575 g/mol. The smallest absolute Gasteiger partial charge is 0.401 e. The number of carbonyl (C=O) groups is 1. The van der Waals surface area contributed by atoms with Gasteiger partial charge >= 0.3 is 12.1 Å². The van der Waals surface area contributed by atoms with E-state index in [4.69, 9.17) is 14.2 Å². The van der Waals surface area contributed by atoms with Gasteiger partial charge in [-0.1, -0.05) is 18.2 Å². The van der Waals surface area contributed by atoms with Crippen molar-refractivity contribution in [1.82, 2.24) is 4.90 Å². The SMILES string of the molecule is COc1ccc(C2CCN(CC(F)(F)F)CC2)c(O[C@H]2CC[C@H](Oc3cccc(C(CC(=O)O)C4CC4)c3)CC2)c1. The number of halogens is 3. The molecule has 1 aliphatic heterocycles. The van der Waals surface area contributed by atoms with Crippen molar-refractivity contribution in [3.05, 3.63) is 53.6 Å². The number of benzene rings is 2. The van der Waals surface area contributed by atoms with Crippen LogP contribution in [0.15, 0.2) is 42.5 Å². The van der Waals surface area contributed by atoms with Crippen molar-refractivity contribution >= 4 is 5.97 Å². The van der Waals surface area contributed by atoms with Crippen molar-refractivity contribution < 1.29 is 37.3 Å². The number of methoxy groups -OCH3 is 1. The van der Waals surface area contributed by atoms with Crippen LogP contribution < -0.4 is 14.2 Å². The molecule has 224 valence electrons. The summed E-state index contributed by atoms with van der Waals surface area (Å²) in [7, 11) is 1.61. The second-order valence-electron chi connectivity index (χ2n) is 11.8. The van der Waals surface area contributed by atoms with Gasteiger partial charge in [0.1, 0.15) is 17.2 Å². The van der Waals surface area contributed by atoms with Crippen LogP contribution in [-0.4, -0.2) is 61.1 Å². The van der Waals surface area contributed by atoms with Gasteiger partial charge in [-0.25, -0.2) is 0 Å². The third kappa shape index (κ3) is 8.31. The summed E-state index contributed by atoms with van der Waals surface area (Å²) in [6.07, 6.45) is 2.87. The van der Waals surface area contributed by atoms with E-state index in [0.717, 1.165) is 61.2 Å². The summed E-state index contributed by atoms with van der Waals surface area (Å²) in [5.74, 6) is 2.11. The highest BCUT2D eigenvalue weighted by Gasteiger charge is 2.35. The molecule has 0 spiro atoms. The Bertz CT molecular complexity index is 1170. The minimum atomic E-state index is -4.17. The second-order valence-corrected chi connectivity index (χ2v) is 11.8. The molecule has 5 rings (SSSR count). The van der Waals surface area contributed by atoms with Crippen LogP contribution in [0.2, 0.25) is 0 Å². The highest BCUT2D eigenvalue weighted by Crippen LogP contribution is 2.45. The molecule has 2 aromatic rings. The molecule has 1 atom stereocenters. The molecule has 41 heavy (non-hydrogen) atoms. The van der Waals surface area contributed by atoms with Crippen LogP contribution >= 0.6 is 0 Å². The van der Waals surface area contributed by atoms with Crippen LogP contribution in [0, 0.1) is 5.92 Å². The molecular weight excluding hydrogens is 535 g/mol. The van der Waals surface area contributed by atoms with E-state index in [1.807, 2.05) is 42.5 Å². The van der Waals surface area contributed by atoms with Crippen LogP contribution in [0.3, 0.4) is 0 Å². The molecule has 3 aliphatic rings. The Morgan fingerprint density at radius 1 is 0.927 bits per heavy atom. The molecule has 0 amide bonds. The molecule has 0 aromatic heterocycles. The minimum absolute atomic E-state index is 0.0205. The predicted octanol–water partition coefficient (Wildman–Crippen LogP) is 7.17. The highest BCUT2D eigenvalue weighted by molar-refractivity contribution is 5.68. The van der Waals surface area contributed by atoms with E-state index in [2.05, 4.69) is 0 Å². The van der Waals surface area contributed by atoms with E-state index < -0.39 is 18.7 Å². The molecule has 2 aromatic carbocycles. The fourth-order valence-electron chi connectivity index (χ4n) is 6.44. The van der Waals surface area contributed by atoms with E-state index in [0.29, 0.717) is 37.6 Å². The first-order valence-electron chi connectivity index (χ1n) is 14.8. The van der Waals surface area contributed by atoms with Crippen molar-refractivity contribution in [2.45, 2.75) is 88.0 Å². The fraction of sp³-hybridized carbons (Fsp3) is 0.594. The number of ether oxygens (including phenoxy) is 3. The third-order valence-corrected chi connectivity index (χ3v) is 8.74. The molecule has 0 bridgehead atoms. The van der Waals surface area contributed by atoms with Crippen LogP contribution in [0.1, 0.15) is 80.8 Å². The Balaban J connectivity index is 1.17. The maximum Gasteiger partial charge on any atom is 0.401 e. The maximum absolute atomic E-state index is 12.8. The molecule has 1 N–H and O–H groups in total. The highest BCUT2D eigenvalue weighted by atomic mass is 19.4. The zero-order valence-corrected chi connectivity index (χ0v) is 23.6. The lowest BCUT2D eigenvalue weighted by Crippen LogP contribution is -2.39. The molecule has 2 saturated carbocycles. The normalized spacial score (nSPS) is 23.1. The summed E-state index contributed by atoms with van der Waals surface area (Å²) in [6.45, 7) is -0.0290. The number of hydrogen-bond donors (Lipinski definition) is 1. The van der Waals surface area contributed by atoms with Crippen LogP contribution in [0.4, 0.5) is 13.2 Å². The number of nitrogens with zero attached hydrogens (tertiary/aromatic N) is 1. The van der Waals surface area contributed by atoms with Crippen molar-refractivity contribution in [2.24, 2.45) is 5.92 Å². The van der Waals surface area contributed by atoms with Crippen LogP contribution in [0.25, 0.3) is 0 Å². The molecule has 1 heterocycles. The summed E-state index contributed by atoms with van der Waals surface area (Å²) >= 11 is 0. The third-order valence-electron chi connectivity index (χ3n) is 8.74. The second kappa shape index (κ2) is 12.9. The zero-order valence-electron chi connectivity index (χ0n) is 23.6. The molecule has 6 nitrogen and oxygen atoms in total. The van der Waals surface area contributed by atoms with Crippen molar-refractivity contribution in [3.63, 3.8) is 0 Å². The maximum atomic E-state index is 12.8. The topological polar surface area (TPSA) is 68.2 Å². The lowest BCUT2D eigenvalue weighted by molar-refractivity contribution is -0.148. The van der Waals surface area contributed by atoms with Gasteiger partial charge in [-0.05, 0) is 112 Å². The van der Waals surface area contributed by atoms with Gasteiger partial charge in [0.05, 0.1) is 32.3 Å². The van der Waals surface area contributed by atoms with Gasteiger partial charge in [0.25, 0.3) is 0 Å². The largest absolute Gasteiger partial charge is 0.497 e. The van der Waals surface area contributed by atoms with Gasteiger partial charge in [0.2, 0.25) is 0 Å². The summed E-state index contributed by atoms with van der Waals surface area (Å²) < 4.78 is 56.8. The molecule has 1 unspecified atom stereocenters. The Kier molecular flexibility index (Phi) is 9.32. The van der Waals surface area contributed by atoms with Crippen LogP contribution in [-0.2, 0) is 4.79 Å². The number of carboxylic acids is 1. The van der Waals surface area contributed by atoms with Gasteiger partial charge in [-0.3, -0.25) is 9.69 Å². The Hall–Kier alpha value is -2.94. The van der Waals surface area contributed by atoms with Gasteiger partial charge < -0.3 is 19.3 Å². The quantitative estimate of drug-likeness (QED) is 0.306. The van der Waals surface area contributed by atoms with E-state index in [-0.39, 0.29) is 30.5 Å². The average Bonchev–Trinajstić information content (AvgIpc) is 3.78. The van der Waals surface area contributed by atoms with Crippen LogP contribution in [0.5, 0.6) is 17.2 Å². The summed E-state index contributed by atoms with van der Waals surface area (Å²) in [6, 6.07) is 13.7. The summed E-state index contributed by atoms with van der Waals surface area (Å²) in [5.41, 5.74) is 2.08. The number of carboxylic acid groups (broad SMARTS) is 1. The van der Waals surface area contributed by atoms with E-state index in [1.54, 1.807) is 7.11 Å². The minimum Gasteiger partial charge on any atom is -0.497 e. The van der Waals surface area contributed by atoms with E-state index >= 15 is 0 Å². The lowest BCUT2D eigenvalue weighted by Gasteiger charge is -2.34. The first-order valence-corrected chi connectivity index (χ1v) is 14.8. The van der Waals surface area contributed by atoms with E-state index in [1.165, 1.54) is 4.90 Å². The Morgan fingerprint density at radius 2 is 1.61 bits per heavy atom. The summed E-state index contributed by atoms with van der Waals surface area (Å²) in [5, 5.41) is 9.36. The van der Waals surface area contributed by atoms with Gasteiger partial charge in [0.15, 0.2) is 0 Å². The predicted molar refractivity (Wildman–Crippen MR) is 149 cm³/mol. The number of likely N-dealkylation sites (tertiary alicyclic amines) is 1. The number of rotatable bonds is 11. The first-order chi connectivity index (χ1) is 19.7. The average molecular weight is 576 g/mol. The van der Waals surface area contributed by atoms with E-state index in [9.17, 15) is 23.1 Å². The molecule has 0 radical (unpaired) electrons. The standard InChI is InChI=1S/C32H40F3NO5/c1-39-26-11-12-28(22-13-15-36(16-14-22)20-32(33,34)35)30(18-26)41-25-9-7-24(8-10-25)40-27-4-2-3-23(17-27)29(19-31(37)38)21-5-6-21/h2-4,11-12,17-18,21-22,24-25,29H,5-10,13-16,19-20H2,1H3,(H,37,38)/t24-,25-,29?. The molecule has 3 fully saturated rings. The lowest BCUT2D eigenvalue weighted by atomic mass is 9.88. The van der Waals surface area contributed by atoms with Crippen molar-refractivity contribution in [2.75, 3.05) is 26.7 Å². The molecular formula is C32H40F3NO5. The number of piperidine rings is 1. The molecule has 1 saturated heterocycles. The molecule has 9 heteroatoms. The van der Waals surface area contributed by atoms with Gasteiger partial charge in [0, 0.05) is 6.07 Å². The molecule has 2 aliphatic carbocycles. The number of aliphatic carboxylic acids is 1. The Labute approximate surface area is 239 Å². The fourth-order valence-corrected chi connectivity index (χ4v) is 6.44. The number of hydrogen-bond acceptors (Lipinski definition) is 5. The first kappa shape index (κ1) is 29.5. The Morgan fingerprint density at radius 3 is 2.22 bits per heavy atom. The van der Waals surface area contributed by atoms with Gasteiger partial charge in [-0.15, -0.1) is 0 Å².